The first kappa shape index (κ1) is 12.8. The van der Waals surface area contributed by atoms with Gasteiger partial charge in [-0.25, -0.2) is 0 Å². The van der Waals surface area contributed by atoms with Gasteiger partial charge in [0.05, 0.1) is 11.4 Å². The minimum absolute atomic E-state index is 0.376. The summed E-state index contributed by atoms with van der Waals surface area (Å²) in [6.07, 6.45) is 0. The predicted octanol–water partition coefficient (Wildman–Crippen LogP) is 3.37. The van der Waals surface area contributed by atoms with Gasteiger partial charge < -0.3 is 10.2 Å². The zero-order valence-electron chi connectivity index (χ0n) is 10.9. The molecule has 2 aromatic carbocycles. The largest absolute Gasteiger partial charge is 0.355 e. The van der Waals surface area contributed by atoms with Crippen LogP contribution < -0.4 is 15.3 Å². The van der Waals surface area contributed by atoms with Crippen molar-refractivity contribution in [1.29, 1.82) is 0 Å². The lowest BCUT2D eigenvalue weighted by atomic mass is 10.2. The van der Waals surface area contributed by atoms with Gasteiger partial charge in [0, 0.05) is 5.56 Å². The van der Waals surface area contributed by atoms with Crippen LogP contribution >= 0.6 is 7.59 Å². The molecule has 0 fully saturated rings. The summed E-state index contributed by atoms with van der Waals surface area (Å²) in [7, 11) is -3.19. The molecule has 3 rings (SSSR count). The van der Waals surface area contributed by atoms with E-state index in [9.17, 15) is 9.36 Å². The number of aryl methyl sites for hydroxylation is 1. The van der Waals surface area contributed by atoms with Gasteiger partial charge in [-0.1, -0.05) is 24.3 Å². The number of rotatable bonds is 2. The van der Waals surface area contributed by atoms with Gasteiger partial charge in [0.1, 0.15) is 0 Å². The third kappa shape index (κ3) is 2.40. The summed E-state index contributed by atoms with van der Waals surface area (Å²) in [6, 6.07) is 14.3. The summed E-state index contributed by atoms with van der Waals surface area (Å²) < 4.78 is 12.6. The summed E-state index contributed by atoms with van der Waals surface area (Å²) in [5.41, 5.74) is 2.99. The molecule has 20 heavy (non-hydrogen) atoms. The Hall–Kier alpha value is -2.26. The van der Waals surface area contributed by atoms with E-state index in [1.807, 2.05) is 31.2 Å². The van der Waals surface area contributed by atoms with E-state index < -0.39 is 7.59 Å². The number of carbonyl (C=O) groups excluding carboxylic acids is 1. The van der Waals surface area contributed by atoms with Crippen LogP contribution in [0.1, 0.15) is 15.9 Å². The molecule has 0 aromatic heterocycles. The molecule has 0 spiro atoms. The number of nitrogens with one attached hydrogen (secondary N) is 3. The fraction of sp³-hybridized carbons (Fsp3) is 0.0714. The molecule has 0 radical (unpaired) electrons. The van der Waals surface area contributed by atoms with Crippen molar-refractivity contribution in [3.8, 4) is 0 Å². The van der Waals surface area contributed by atoms with Gasteiger partial charge in [0.25, 0.3) is 5.91 Å². The number of hydrogen-bond donors (Lipinski definition) is 3. The first-order valence-electron chi connectivity index (χ1n) is 6.21. The van der Waals surface area contributed by atoms with Gasteiger partial charge in [-0.2, -0.15) is 0 Å². The smallest absolute Gasteiger partial charge is 0.302 e. The first-order valence-corrected chi connectivity index (χ1v) is 7.91. The number of carbonyl (C=O) groups is 1. The summed E-state index contributed by atoms with van der Waals surface area (Å²) in [5.74, 6) is -0.376. The highest BCUT2D eigenvalue weighted by molar-refractivity contribution is 7.66. The van der Waals surface area contributed by atoms with Gasteiger partial charge in [0.2, 0.25) is 0 Å². The Bertz CT molecular complexity index is 716. The van der Waals surface area contributed by atoms with Gasteiger partial charge in [0.15, 0.2) is 0 Å². The van der Waals surface area contributed by atoms with E-state index in [1.54, 1.807) is 24.3 Å². The highest BCUT2D eigenvalue weighted by Crippen LogP contribution is 2.51. The molecule has 3 N–H and O–H groups in total. The van der Waals surface area contributed by atoms with E-state index in [4.69, 9.17) is 0 Å². The Kier molecular flexibility index (Phi) is 2.99. The van der Waals surface area contributed by atoms with Crippen molar-refractivity contribution in [2.45, 2.75) is 6.92 Å². The van der Waals surface area contributed by atoms with E-state index in [0.717, 1.165) is 16.9 Å². The van der Waals surface area contributed by atoms with Crippen LogP contribution in [-0.4, -0.2) is 5.91 Å². The predicted molar refractivity (Wildman–Crippen MR) is 79.9 cm³/mol. The number of amides is 1. The average Bonchev–Trinajstić information content (AvgIpc) is 2.74. The third-order valence-electron chi connectivity index (χ3n) is 3.03. The van der Waals surface area contributed by atoms with Crippen LogP contribution in [0.15, 0.2) is 48.5 Å². The zero-order chi connectivity index (χ0) is 14.2. The molecule has 6 heteroatoms. The van der Waals surface area contributed by atoms with Crippen LogP contribution in [0.3, 0.4) is 0 Å². The molecule has 0 aliphatic carbocycles. The summed E-state index contributed by atoms with van der Waals surface area (Å²) >= 11 is 0. The Labute approximate surface area is 116 Å². The zero-order valence-corrected chi connectivity index (χ0v) is 11.8. The molecule has 5 nitrogen and oxygen atoms in total. The Morgan fingerprint density at radius 3 is 2.50 bits per heavy atom. The molecular weight excluding hydrogens is 273 g/mol. The van der Waals surface area contributed by atoms with Gasteiger partial charge in [-0.05, 0) is 36.8 Å². The van der Waals surface area contributed by atoms with Gasteiger partial charge in [-0.15, -0.1) is 0 Å². The van der Waals surface area contributed by atoms with Gasteiger partial charge in [-0.3, -0.25) is 14.4 Å². The lowest BCUT2D eigenvalue weighted by molar-refractivity contribution is 0.0981. The minimum Gasteiger partial charge on any atom is -0.302 e. The van der Waals surface area contributed by atoms with E-state index in [-0.39, 0.29) is 5.91 Å². The van der Waals surface area contributed by atoms with E-state index in [1.165, 1.54) is 0 Å². The SMILES string of the molecule is Cc1ccc2c(c1)NP(=O)(NC(=O)c1ccccc1)N2. The van der Waals surface area contributed by atoms with Crippen molar-refractivity contribution in [3.63, 3.8) is 0 Å². The van der Waals surface area contributed by atoms with Crippen molar-refractivity contribution in [3.05, 3.63) is 59.7 Å². The van der Waals surface area contributed by atoms with Crippen molar-refractivity contribution >= 4 is 24.9 Å². The number of fused-ring (bicyclic) bond motifs is 1. The third-order valence-corrected chi connectivity index (χ3v) is 4.66. The second-order valence-electron chi connectivity index (χ2n) is 4.69. The maximum Gasteiger partial charge on any atom is 0.355 e. The normalized spacial score (nSPS) is 19.6. The van der Waals surface area contributed by atoms with Crippen molar-refractivity contribution < 1.29 is 9.36 Å². The topological polar surface area (TPSA) is 70.2 Å². The number of anilines is 2. The molecule has 0 bridgehead atoms. The number of hydrogen-bond acceptors (Lipinski definition) is 2. The molecule has 1 aliphatic rings. The quantitative estimate of drug-likeness (QED) is 0.741. The van der Waals surface area contributed by atoms with Crippen molar-refractivity contribution in [2.75, 3.05) is 10.2 Å². The molecule has 1 unspecified atom stereocenters. The van der Waals surface area contributed by atoms with Gasteiger partial charge >= 0.3 is 7.59 Å². The van der Waals surface area contributed by atoms with Crippen LogP contribution in [-0.2, 0) is 4.57 Å². The molecule has 2 aromatic rings. The summed E-state index contributed by atoms with van der Waals surface area (Å²) in [4.78, 5) is 12.1. The second-order valence-corrected chi connectivity index (χ2v) is 6.58. The van der Waals surface area contributed by atoms with Crippen LogP contribution in [0, 0.1) is 6.92 Å². The first-order chi connectivity index (χ1) is 9.56. The maximum atomic E-state index is 12.6. The Balaban J connectivity index is 1.80. The minimum atomic E-state index is -3.19. The Morgan fingerprint density at radius 2 is 1.75 bits per heavy atom. The fourth-order valence-electron chi connectivity index (χ4n) is 2.07. The lowest BCUT2D eigenvalue weighted by Crippen LogP contribution is -2.24. The van der Waals surface area contributed by atoms with Crippen LogP contribution in [0.2, 0.25) is 0 Å². The maximum absolute atomic E-state index is 12.6. The second kappa shape index (κ2) is 4.69. The highest BCUT2D eigenvalue weighted by Gasteiger charge is 2.32. The monoisotopic (exact) mass is 287 g/mol. The molecule has 1 aliphatic heterocycles. The van der Waals surface area contributed by atoms with E-state index >= 15 is 0 Å². The van der Waals surface area contributed by atoms with Crippen molar-refractivity contribution in [2.24, 2.45) is 0 Å². The standard InChI is InChI=1S/C14H14N3O2P/c1-10-7-8-12-13(9-10)16-20(19,15-12)17-14(18)11-5-3-2-4-6-11/h2-9H,1H3,(H3,15,16,17,18,19). The molecule has 102 valence electrons. The van der Waals surface area contributed by atoms with E-state index in [0.29, 0.717) is 5.56 Å². The molecule has 1 heterocycles. The lowest BCUT2D eigenvalue weighted by Gasteiger charge is -2.14. The van der Waals surface area contributed by atoms with E-state index in [2.05, 4.69) is 15.3 Å². The average molecular weight is 287 g/mol. The molecule has 0 saturated heterocycles. The van der Waals surface area contributed by atoms with Crippen molar-refractivity contribution in [1.82, 2.24) is 5.09 Å². The van der Waals surface area contributed by atoms with Crippen LogP contribution in [0.5, 0.6) is 0 Å². The fourth-order valence-corrected chi connectivity index (χ4v) is 3.71. The summed E-state index contributed by atoms with van der Waals surface area (Å²) in [5, 5.41) is 8.25. The molecule has 1 atom stereocenters. The Morgan fingerprint density at radius 1 is 1.05 bits per heavy atom. The molecular formula is C14H14N3O2P. The summed E-state index contributed by atoms with van der Waals surface area (Å²) in [6.45, 7) is 1.95. The van der Waals surface area contributed by atoms with Crippen LogP contribution in [0.25, 0.3) is 0 Å². The highest BCUT2D eigenvalue weighted by atomic mass is 31.2. The van der Waals surface area contributed by atoms with Crippen LogP contribution in [0.4, 0.5) is 11.4 Å². The number of benzene rings is 2. The molecule has 1 amide bonds. The molecule has 0 saturated carbocycles.